The summed E-state index contributed by atoms with van der Waals surface area (Å²) in [6, 6.07) is -0.471. The summed E-state index contributed by atoms with van der Waals surface area (Å²) in [6.45, 7) is 1.32. The molecule has 0 bridgehead atoms. The number of nitrogens with zero attached hydrogens (tertiary/aromatic N) is 1. The fourth-order valence-electron chi connectivity index (χ4n) is 1.46. The van der Waals surface area contributed by atoms with E-state index in [1.807, 2.05) is 0 Å². The van der Waals surface area contributed by atoms with Crippen molar-refractivity contribution in [3.63, 3.8) is 0 Å². The van der Waals surface area contributed by atoms with Crippen molar-refractivity contribution in [2.45, 2.75) is 18.9 Å². The molecule has 7 nitrogen and oxygen atoms in total. The largest absolute Gasteiger partial charge is 0.359 e. The highest BCUT2D eigenvalue weighted by molar-refractivity contribution is 7.99. The van der Waals surface area contributed by atoms with Gasteiger partial charge in [-0.3, -0.25) is 9.79 Å². The molecular formula is C12H26N6OS. The lowest BCUT2D eigenvalue weighted by Gasteiger charge is -2.13. The van der Waals surface area contributed by atoms with Crippen molar-refractivity contribution in [1.82, 2.24) is 16.0 Å². The highest BCUT2D eigenvalue weighted by Gasteiger charge is 2.11. The van der Waals surface area contributed by atoms with E-state index < -0.39 is 6.04 Å². The Morgan fingerprint density at radius 3 is 2.80 bits per heavy atom. The maximum absolute atomic E-state index is 11.7. The molecule has 1 atom stereocenters. The first kappa shape index (κ1) is 18.7. The van der Waals surface area contributed by atoms with Crippen LogP contribution in [0.25, 0.3) is 0 Å². The van der Waals surface area contributed by atoms with Gasteiger partial charge in [0.25, 0.3) is 0 Å². The highest BCUT2D eigenvalue weighted by Crippen LogP contribution is 1.96. The Kier molecular flexibility index (Phi) is 11.9. The summed E-state index contributed by atoms with van der Waals surface area (Å²) in [6.07, 6.45) is 2.79. The minimum Gasteiger partial charge on any atom is -0.359 e. The number of carbonyl (C=O) groups excluding carboxylic acids is 1. The molecule has 0 saturated carbocycles. The van der Waals surface area contributed by atoms with Crippen LogP contribution in [-0.4, -0.2) is 62.8 Å². The number of hydrogen-bond acceptors (Lipinski definition) is 5. The van der Waals surface area contributed by atoms with Crippen LogP contribution in [0, 0.1) is 5.41 Å². The second-order valence-electron chi connectivity index (χ2n) is 4.07. The standard InChI is InChI=1S/C12H26N6OS/c1-15-12(16-2)18-6-3-4-10(14)11(19)17-7-9-20-8-5-13/h5,10,13H,3-4,6-9,14H2,1-2H3,(H,17,19)(H2,15,16,18). The molecular weight excluding hydrogens is 276 g/mol. The van der Waals surface area contributed by atoms with Gasteiger partial charge in [0.1, 0.15) is 0 Å². The normalized spacial score (nSPS) is 12.7. The smallest absolute Gasteiger partial charge is 0.236 e. The molecule has 0 aromatic carbocycles. The van der Waals surface area contributed by atoms with E-state index in [0.29, 0.717) is 18.7 Å². The van der Waals surface area contributed by atoms with Gasteiger partial charge in [-0.15, -0.1) is 0 Å². The van der Waals surface area contributed by atoms with Crippen LogP contribution < -0.4 is 21.7 Å². The zero-order chi connectivity index (χ0) is 15.2. The molecule has 0 fully saturated rings. The minimum absolute atomic E-state index is 0.113. The fraction of sp³-hybridized carbons (Fsp3) is 0.750. The number of amides is 1. The molecule has 0 aliphatic rings. The predicted octanol–water partition coefficient (Wildman–Crippen LogP) is -0.612. The molecule has 0 saturated heterocycles. The van der Waals surface area contributed by atoms with Crippen LogP contribution in [0.3, 0.4) is 0 Å². The number of carbonyl (C=O) groups is 1. The first-order valence-electron chi connectivity index (χ1n) is 6.64. The molecule has 0 radical (unpaired) electrons. The van der Waals surface area contributed by atoms with Crippen molar-refractivity contribution in [2.75, 3.05) is 38.7 Å². The third-order valence-corrected chi connectivity index (χ3v) is 3.42. The Balaban J connectivity index is 3.62. The number of hydrogen-bond donors (Lipinski definition) is 5. The lowest BCUT2D eigenvalue weighted by atomic mass is 10.1. The number of nitrogens with one attached hydrogen (secondary N) is 4. The van der Waals surface area contributed by atoms with E-state index in [9.17, 15) is 4.79 Å². The van der Waals surface area contributed by atoms with Crippen LogP contribution in [-0.2, 0) is 4.79 Å². The monoisotopic (exact) mass is 302 g/mol. The number of rotatable bonds is 10. The van der Waals surface area contributed by atoms with Crippen molar-refractivity contribution in [3.8, 4) is 0 Å². The molecule has 116 valence electrons. The zero-order valence-electron chi connectivity index (χ0n) is 12.2. The molecule has 0 spiro atoms. The Morgan fingerprint density at radius 1 is 1.45 bits per heavy atom. The van der Waals surface area contributed by atoms with Crippen molar-refractivity contribution in [3.05, 3.63) is 0 Å². The fourth-order valence-corrected chi connectivity index (χ4v) is 1.99. The maximum atomic E-state index is 11.7. The SMILES string of the molecule is CN=C(NC)NCCCC(N)C(=O)NCCSCC=N. The third kappa shape index (κ3) is 9.62. The minimum atomic E-state index is -0.471. The Labute approximate surface area is 125 Å². The van der Waals surface area contributed by atoms with E-state index in [0.717, 1.165) is 24.7 Å². The average Bonchev–Trinajstić information content (AvgIpc) is 2.46. The molecule has 0 aliphatic carbocycles. The van der Waals surface area contributed by atoms with Gasteiger partial charge in [0.2, 0.25) is 5.91 Å². The van der Waals surface area contributed by atoms with Crippen molar-refractivity contribution in [2.24, 2.45) is 10.7 Å². The maximum Gasteiger partial charge on any atom is 0.236 e. The molecule has 1 amide bonds. The number of aliphatic imine (C=N–C) groups is 1. The van der Waals surface area contributed by atoms with E-state index in [-0.39, 0.29) is 5.91 Å². The second kappa shape index (κ2) is 12.7. The van der Waals surface area contributed by atoms with Crippen LogP contribution in [0.5, 0.6) is 0 Å². The summed E-state index contributed by atoms with van der Waals surface area (Å²) in [5, 5.41) is 15.7. The van der Waals surface area contributed by atoms with Crippen molar-refractivity contribution >= 4 is 29.8 Å². The van der Waals surface area contributed by atoms with Gasteiger partial charge in [0, 0.05) is 44.9 Å². The van der Waals surface area contributed by atoms with Crippen LogP contribution in [0.15, 0.2) is 4.99 Å². The summed E-state index contributed by atoms with van der Waals surface area (Å²) in [5.74, 6) is 2.10. The molecule has 0 rings (SSSR count). The lowest BCUT2D eigenvalue weighted by Crippen LogP contribution is -2.42. The number of guanidine groups is 1. The van der Waals surface area contributed by atoms with E-state index in [1.54, 1.807) is 25.9 Å². The number of thioether (sulfide) groups is 1. The van der Waals surface area contributed by atoms with Crippen LogP contribution >= 0.6 is 11.8 Å². The van der Waals surface area contributed by atoms with Gasteiger partial charge in [0.15, 0.2) is 5.96 Å². The van der Waals surface area contributed by atoms with Crippen LogP contribution in [0.4, 0.5) is 0 Å². The topological polar surface area (TPSA) is 115 Å². The Bertz CT molecular complexity index is 310. The lowest BCUT2D eigenvalue weighted by molar-refractivity contribution is -0.122. The summed E-state index contributed by atoms with van der Waals surface area (Å²) in [4.78, 5) is 15.7. The van der Waals surface area contributed by atoms with E-state index in [1.165, 1.54) is 6.21 Å². The molecule has 0 aromatic heterocycles. The first-order chi connectivity index (χ1) is 9.65. The molecule has 6 N–H and O–H groups in total. The summed E-state index contributed by atoms with van der Waals surface area (Å²) in [7, 11) is 3.50. The van der Waals surface area contributed by atoms with Gasteiger partial charge in [-0.2, -0.15) is 11.8 Å². The zero-order valence-corrected chi connectivity index (χ0v) is 13.1. The quantitative estimate of drug-likeness (QED) is 0.210. The molecule has 0 aliphatic heterocycles. The average molecular weight is 302 g/mol. The summed E-state index contributed by atoms with van der Waals surface area (Å²) >= 11 is 1.61. The van der Waals surface area contributed by atoms with Crippen LogP contribution in [0.2, 0.25) is 0 Å². The summed E-state index contributed by atoms with van der Waals surface area (Å²) < 4.78 is 0. The molecule has 0 aromatic rings. The second-order valence-corrected chi connectivity index (χ2v) is 5.22. The van der Waals surface area contributed by atoms with Crippen LogP contribution in [0.1, 0.15) is 12.8 Å². The van der Waals surface area contributed by atoms with Gasteiger partial charge >= 0.3 is 0 Å². The van der Waals surface area contributed by atoms with Gasteiger partial charge in [0.05, 0.1) is 6.04 Å². The third-order valence-electron chi connectivity index (χ3n) is 2.53. The molecule has 1 unspecified atom stereocenters. The van der Waals surface area contributed by atoms with E-state index >= 15 is 0 Å². The molecule has 0 heterocycles. The van der Waals surface area contributed by atoms with Gasteiger partial charge in [-0.1, -0.05) is 0 Å². The summed E-state index contributed by atoms with van der Waals surface area (Å²) in [5.41, 5.74) is 5.81. The van der Waals surface area contributed by atoms with Crippen molar-refractivity contribution < 1.29 is 4.79 Å². The van der Waals surface area contributed by atoms with Gasteiger partial charge < -0.3 is 27.1 Å². The van der Waals surface area contributed by atoms with Gasteiger partial charge in [-0.05, 0) is 12.8 Å². The van der Waals surface area contributed by atoms with Gasteiger partial charge in [-0.25, -0.2) is 0 Å². The Hall–Kier alpha value is -1.28. The predicted molar refractivity (Wildman–Crippen MR) is 86.7 cm³/mol. The molecule has 8 heteroatoms. The highest BCUT2D eigenvalue weighted by atomic mass is 32.2. The van der Waals surface area contributed by atoms with E-state index in [2.05, 4.69) is 20.9 Å². The number of nitrogens with two attached hydrogens (primary N) is 1. The Morgan fingerprint density at radius 2 is 2.20 bits per heavy atom. The first-order valence-corrected chi connectivity index (χ1v) is 7.79. The molecule has 20 heavy (non-hydrogen) atoms. The van der Waals surface area contributed by atoms with E-state index in [4.69, 9.17) is 11.1 Å². The van der Waals surface area contributed by atoms with Crippen molar-refractivity contribution in [1.29, 1.82) is 5.41 Å².